The van der Waals surface area contributed by atoms with Crippen LogP contribution < -0.4 is 11.3 Å². The van der Waals surface area contributed by atoms with Gasteiger partial charge >= 0.3 is 0 Å². The Labute approximate surface area is 123 Å². The van der Waals surface area contributed by atoms with Gasteiger partial charge in [-0.15, -0.1) is 0 Å². The monoisotopic (exact) mass is 287 g/mol. The summed E-state index contributed by atoms with van der Waals surface area (Å²) in [5, 5.41) is 14.4. The lowest BCUT2D eigenvalue weighted by atomic mass is 9.90. The zero-order valence-corrected chi connectivity index (χ0v) is 12.2. The number of benzene rings is 1. The number of aliphatic hydroxyl groups excluding tert-OH is 1. The summed E-state index contributed by atoms with van der Waals surface area (Å²) in [5.41, 5.74) is 10.3. The zero-order chi connectivity index (χ0) is 15.2. The maximum atomic E-state index is 11.8. The Morgan fingerprint density at radius 3 is 2.62 bits per heavy atom. The van der Waals surface area contributed by atoms with Gasteiger partial charge in [0.25, 0.3) is 5.56 Å². The van der Waals surface area contributed by atoms with Crippen molar-refractivity contribution in [2.75, 3.05) is 12.3 Å². The molecule has 0 radical (unpaired) electrons. The minimum atomic E-state index is -0.0441. The van der Waals surface area contributed by atoms with Gasteiger partial charge in [-0.3, -0.25) is 4.79 Å². The lowest BCUT2D eigenvalue weighted by Crippen LogP contribution is -2.21. The van der Waals surface area contributed by atoms with Crippen LogP contribution in [0.15, 0.2) is 29.1 Å². The molecule has 5 heteroatoms. The molecule has 112 valence electrons. The van der Waals surface area contributed by atoms with Crippen molar-refractivity contribution < 1.29 is 5.11 Å². The molecule has 21 heavy (non-hydrogen) atoms. The molecule has 1 aliphatic rings. The largest absolute Gasteiger partial charge is 0.399 e. The molecule has 0 saturated heterocycles. The van der Waals surface area contributed by atoms with Crippen LogP contribution in [0.4, 0.5) is 5.69 Å². The van der Waals surface area contributed by atoms with Crippen LogP contribution in [0.5, 0.6) is 0 Å². The molecular formula is C16H21N3O2. The summed E-state index contributed by atoms with van der Waals surface area (Å²) >= 11 is 0. The number of aliphatic hydroxyl groups is 1. The van der Waals surface area contributed by atoms with Gasteiger partial charge < -0.3 is 10.8 Å². The van der Waals surface area contributed by atoms with E-state index in [1.54, 1.807) is 6.92 Å². The van der Waals surface area contributed by atoms with E-state index in [-0.39, 0.29) is 12.2 Å². The molecular weight excluding hydrogens is 266 g/mol. The van der Waals surface area contributed by atoms with E-state index in [0.717, 1.165) is 48.1 Å². The second kappa shape index (κ2) is 7.04. The molecule has 0 amide bonds. The minimum absolute atomic E-state index is 0.0441. The van der Waals surface area contributed by atoms with Crippen LogP contribution >= 0.6 is 0 Å². The Kier molecular flexibility index (Phi) is 5.11. The van der Waals surface area contributed by atoms with E-state index in [2.05, 4.69) is 10.2 Å². The van der Waals surface area contributed by atoms with Gasteiger partial charge in [0.2, 0.25) is 0 Å². The summed E-state index contributed by atoms with van der Waals surface area (Å²) in [5.74, 6) is 0. The summed E-state index contributed by atoms with van der Waals surface area (Å²) in [7, 11) is 0. The van der Waals surface area contributed by atoms with E-state index in [9.17, 15) is 4.79 Å². The second-order valence-electron chi connectivity index (χ2n) is 5.01. The average molecular weight is 287 g/mol. The minimum Gasteiger partial charge on any atom is -0.399 e. The van der Waals surface area contributed by atoms with Gasteiger partial charge in [0.05, 0.1) is 5.69 Å². The molecule has 0 unspecified atom stereocenters. The highest BCUT2D eigenvalue weighted by Crippen LogP contribution is 2.28. The van der Waals surface area contributed by atoms with Crippen molar-refractivity contribution in [3.63, 3.8) is 0 Å². The van der Waals surface area contributed by atoms with E-state index in [0.29, 0.717) is 5.69 Å². The Morgan fingerprint density at radius 2 is 1.95 bits per heavy atom. The Bertz CT molecular complexity index is 665. The van der Waals surface area contributed by atoms with E-state index in [1.807, 2.05) is 24.3 Å². The van der Waals surface area contributed by atoms with Crippen LogP contribution in [0.25, 0.3) is 11.3 Å². The smallest absolute Gasteiger partial charge is 0.267 e. The number of nitrogens with two attached hydrogens (primary N) is 1. The molecule has 0 fully saturated rings. The molecule has 2 aromatic rings. The van der Waals surface area contributed by atoms with Crippen LogP contribution in [0.1, 0.15) is 30.9 Å². The summed E-state index contributed by atoms with van der Waals surface area (Å²) in [4.78, 5) is 11.8. The lowest BCUT2D eigenvalue weighted by Gasteiger charge is -2.17. The van der Waals surface area contributed by atoms with Crippen molar-refractivity contribution in [1.82, 2.24) is 10.2 Å². The van der Waals surface area contributed by atoms with Crippen LogP contribution in [0.2, 0.25) is 0 Å². The number of hydrogen-bond donors (Lipinski definition) is 3. The lowest BCUT2D eigenvalue weighted by molar-refractivity contribution is 0.318. The molecule has 0 atom stereocenters. The first-order chi connectivity index (χ1) is 10.2. The Balaban J connectivity index is 0.000000497. The summed E-state index contributed by atoms with van der Waals surface area (Å²) in [6, 6.07) is 7.63. The average Bonchev–Trinajstić information content (AvgIpc) is 2.49. The first-order valence-corrected chi connectivity index (χ1v) is 7.24. The fourth-order valence-electron chi connectivity index (χ4n) is 2.58. The summed E-state index contributed by atoms with van der Waals surface area (Å²) in [6.45, 7) is 1.93. The molecule has 3 rings (SSSR count). The van der Waals surface area contributed by atoms with Gasteiger partial charge in [0.1, 0.15) is 0 Å². The van der Waals surface area contributed by atoms with Gasteiger partial charge in [0, 0.05) is 23.4 Å². The number of aromatic nitrogens is 2. The SMILES string of the molecule is CCO.Nc1cccc(-c2n[nH]c(=O)c3c2CCCC3)c1. The molecule has 0 spiro atoms. The fourth-order valence-corrected chi connectivity index (χ4v) is 2.58. The zero-order valence-electron chi connectivity index (χ0n) is 12.2. The number of nitrogen functional groups attached to an aromatic ring is 1. The van der Waals surface area contributed by atoms with E-state index in [4.69, 9.17) is 10.8 Å². The number of nitrogens with zero attached hydrogens (tertiary/aromatic N) is 1. The standard InChI is InChI=1S/C14H15N3O.C2H6O/c15-10-5-3-4-9(8-10)13-11-6-1-2-7-12(11)14(18)17-16-13;1-2-3/h3-5,8H,1-2,6-7,15H2,(H,17,18);3H,2H2,1H3. The van der Waals surface area contributed by atoms with E-state index < -0.39 is 0 Å². The molecule has 1 aliphatic carbocycles. The number of nitrogens with one attached hydrogen (secondary N) is 1. The molecule has 0 saturated carbocycles. The van der Waals surface area contributed by atoms with Crippen molar-refractivity contribution >= 4 is 5.69 Å². The molecule has 1 aromatic heterocycles. The first-order valence-electron chi connectivity index (χ1n) is 7.24. The number of fused-ring (bicyclic) bond motifs is 1. The number of hydrogen-bond acceptors (Lipinski definition) is 4. The topological polar surface area (TPSA) is 92.0 Å². The van der Waals surface area contributed by atoms with Crippen molar-refractivity contribution in [2.24, 2.45) is 0 Å². The predicted molar refractivity (Wildman–Crippen MR) is 84.1 cm³/mol. The highest BCUT2D eigenvalue weighted by Gasteiger charge is 2.18. The molecule has 1 aromatic carbocycles. The maximum absolute atomic E-state index is 11.8. The molecule has 4 N–H and O–H groups in total. The number of H-pyrrole nitrogens is 1. The predicted octanol–water partition coefficient (Wildman–Crippen LogP) is 1.90. The fraction of sp³-hybridized carbons (Fsp3) is 0.375. The normalized spacial score (nSPS) is 13.0. The number of anilines is 1. The maximum Gasteiger partial charge on any atom is 0.267 e. The van der Waals surface area contributed by atoms with Gasteiger partial charge in [-0.05, 0) is 50.3 Å². The Hall–Kier alpha value is -2.14. The van der Waals surface area contributed by atoms with Crippen LogP contribution in [0, 0.1) is 0 Å². The molecule has 5 nitrogen and oxygen atoms in total. The quantitative estimate of drug-likeness (QED) is 0.698. The third-order valence-corrected chi connectivity index (χ3v) is 3.46. The van der Waals surface area contributed by atoms with Crippen molar-refractivity contribution in [1.29, 1.82) is 0 Å². The van der Waals surface area contributed by atoms with Crippen LogP contribution in [-0.2, 0) is 12.8 Å². The van der Waals surface area contributed by atoms with Gasteiger partial charge in [-0.2, -0.15) is 5.10 Å². The third kappa shape index (κ3) is 3.49. The Morgan fingerprint density at radius 1 is 1.29 bits per heavy atom. The molecule has 0 aliphatic heterocycles. The van der Waals surface area contributed by atoms with E-state index >= 15 is 0 Å². The summed E-state index contributed by atoms with van der Waals surface area (Å²) in [6.07, 6.45) is 3.97. The van der Waals surface area contributed by atoms with Crippen LogP contribution in [0.3, 0.4) is 0 Å². The molecule has 1 heterocycles. The van der Waals surface area contributed by atoms with Gasteiger partial charge in [-0.1, -0.05) is 12.1 Å². The van der Waals surface area contributed by atoms with Crippen molar-refractivity contribution in [2.45, 2.75) is 32.6 Å². The highest BCUT2D eigenvalue weighted by molar-refractivity contribution is 5.67. The van der Waals surface area contributed by atoms with Crippen LogP contribution in [-0.4, -0.2) is 21.9 Å². The third-order valence-electron chi connectivity index (χ3n) is 3.46. The summed E-state index contributed by atoms with van der Waals surface area (Å²) < 4.78 is 0. The second-order valence-corrected chi connectivity index (χ2v) is 5.01. The molecule has 0 bridgehead atoms. The van der Waals surface area contributed by atoms with Crippen molar-refractivity contribution in [3.8, 4) is 11.3 Å². The van der Waals surface area contributed by atoms with Gasteiger partial charge in [-0.25, -0.2) is 5.10 Å². The van der Waals surface area contributed by atoms with E-state index in [1.165, 1.54) is 0 Å². The number of aromatic amines is 1. The van der Waals surface area contributed by atoms with Gasteiger partial charge in [0.15, 0.2) is 0 Å². The number of rotatable bonds is 1. The van der Waals surface area contributed by atoms with Crippen molar-refractivity contribution in [3.05, 3.63) is 45.7 Å². The highest BCUT2D eigenvalue weighted by atomic mass is 16.2. The first kappa shape index (κ1) is 15.3.